The van der Waals surface area contributed by atoms with Crippen molar-refractivity contribution in [2.45, 2.75) is 38.1 Å². The van der Waals surface area contributed by atoms with E-state index in [1.54, 1.807) is 0 Å². The molecule has 0 radical (unpaired) electrons. The minimum atomic E-state index is -0.260. The van der Waals surface area contributed by atoms with E-state index in [0.29, 0.717) is 6.54 Å². The molecular formula is C8H16N2O. The van der Waals surface area contributed by atoms with Crippen molar-refractivity contribution in [2.24, 2.45) is 5.73 Å². The van der Waals surface area contributed by atoms with E-state index >= 15 is 0 Å². The molecule has 0 bridgehead atoms. The van der Waals surface area contributed by atoms with Gasteiger partial charge in [-0.25, -0.2) is 0 Å². The van der Waals surface area contributed by atoms with Crippen LogP contribution in [0.2, 0.25) is 0 Å². The van der Waals surface area contributed by atoms with Crippen LogP contribution < -0.4 is 11.1 Å². The summed E-state index contributed by atoms with van der Waals surface area (Å²) < 4.78 is 0. The summed E-state index contributed by atoms with van der Waals surface area (Å²) >= 11 is 0. The number of hydrogen-bond donors (Lipinski definition) is 2. The highest BCUT2D eigenvalue weighted by Gasteiger charge is 2.34. The number of hydrogen-bond acceptors (Lipinski definition) is 2. The van der Waals surface area contributed by atoms with E-state index in [1.807, 2.05) is 0 Å². The fourth-order valence-corrected chi connectivity index (χ4v) is 1.53. The molecular weight excluding hydrogens is 140 g/mol. The first kappa shape index (κ1) is 8.53. The largest absolute Gasteiger partial charge is 0.369 e. The zero-order chi connectivity index (χ0) is 8.32. The molecule has 0 aliphatic heterocycles. The van der Waals surface area contributed by atoms with Gasteiger partial charge in [0.2, 0.25) is 5.91 Å². The molecule has 1 aliphatic carbocycles. The Morgan fingerprint density at radius 2 is 2.27 bits per heavy atom. The van der Waals surface area contributed by atoms with E-state index in [2.05, 4.69) is 12.2 Å². The van der Waals surface area contributed by atoms with Gasteiger partial charge in [0.25, 0.3) is 0 Å². The second kappa shape index (κ2) is 3.22. The molecule has 1 aliphatic rings. The van der Waals surface area contributed by atoms with Crippen molar-refractivity contribution in [3.63, 3.8) is 0 Å². The van der Waals surface area contributed by atoms with Crippen LogP contribution in [0.3, 0.4) is 0 Å². The molecule has 0 atom stereocenters. The van der Waals surface area contributed by atoms with Crippen LogP contribution >= 0.6 is 0 Å². The molecule has 0 aromatic rings. The third-order valence-corrected chi connectivity index (χ3v) is 2.63. The molecule has 0 spiro atoms. The van der Waals surface area contributed by atoms with Crippen molar-refractivity contribution in [1.29, 1.82) is 0 Å². The van der Waals surface area contributed by atoms with E-state index in [9.17, 15) is 4.79 Å². The highest BCUT2D eigenvalue weighted by molar-refractivity contribution is 5.76. The maximum atomic E-state index is 10.5. The standard InChI is InChI=1S/C8H16N2O/c1-2-8(4-3-5-8)10-6-7(9)11/h10H,2-6H2,1H3,(H2,9,11). The molecule has 1 saturated carbocycles. The third-order valence-electron chi connectivity index (χ3n) is 2.63. The van der Waals surface area contributed by atoms with Crippen molar-refractivity contribution < 1.29 is 4.79 Å². The lowest BCUT2D eigenvalue weighted by atomic mass is 9.75. The quantitative estimate of drug-likeness (QED) is 0.618. The van der Waals surface area contributed by atoms with Gasteiger partial charge in [0.1, 0.15) is 0 Å². The molecule has 1 rings (SSSR count). The Morgan fingerprint density at radius 3 is 2.55 bits per heavy atom. The predicted molar refractivity (Wildman–Crippen MR) is 44.1 cm³/mol. The molecule has 11 heavy (non-hydrogen) atoms. The molecule has 3 nitrogen and oxygen atoms in total. The van der Waals surface area contributed by atoms with Crippen LogP contribution in [0.1, 0.15) is 32.6 Å². The number of amides is 1. The molecule has 0 saturated heterocycles. The summed E-state index contributed by atoms with van der Waals surface area (Å²) in [5.74, 6) is -0.260. The number of carbonyl (C=O) groups is 1. The Kier molecular flexibility index (Phi) is 2.49. The van der Waals surface area contributed by atoms with Crippen LogP contribution in [0.4, 0.5) is 0 Å². The minimum Gasteiger partial charge on any atom is -0.369 e. The third kappa shape index (κ3) is 1.93. The lowest BCUT2D eigenvalue weighted by Gasteiger charge is -2.42. The maximum absolute atomic E-state index is 10.5. The van der Waals surface area contributed by atoms with Crippen LogP contribution in [-0.2, 0) is 4.79 Å². The maximum Gasteiger partial charge on any atom is 0.231 e. The molecule has 0 heterocycles. The van der Waals surface area contributed by atoms with Gasteiger partial charge in [0, 0.05) is 5.54 Å². The van der Waals surface area contributed by atoms with E-state index in [-0.39, 0.29) is 11.4 Å². The Labute approximate surface area is 67.3 Å². The number of primary amides is 1. The Bertz CT molecular complexity index is 147. The van der Waals surface area contributed by atoms with E-state index in [0.717, 1.165) is 6.42 Å². The normalized spacial score (nSPS) is 20.8. The SMILES string of the molecule is CCC1(NCC(N)=O)CCC1. The van der Waals surface area contributed by atoms with Crippen molar-refractivity contribution >= 4 is 5.91 Å². The van der Waals surface area contributed by atoms with Gasteiger partial charge in [-0.05, 0) is 25.7 Å². The van der Waals surface area contributed by atoms with Crippen molar-refractivity contribution in [3.8, 4) is 0 Å². The molecule has 3 heteroatoms. The minimum absolute atomic E-state index is 0.245. The summed E-state index contributed by atoms with van der Waals surface area (Å²) in [6.07, 6.45) is 4.76. The summed E-state index contributed by atoms with van der Waals surface area (Å²) in [6, 6.07) is 0. The first-order valence-electron chi connectivity index (χ1n) is 4.22. The average molecular weight is 156 g/mol. The Morgan fingerprint density at radius 1 is 1.64 bits per heavy atom. The smallest absolute Gasteiger partial charge is 0.231 e. The van der Waals surface area contributed by atoms with Crippen molar-refractivity contribution in [3.05, 3.63) is 0 Å². The summed E-state index contributed by atoms with van der Waals surface area (Å²) in [7, 11) is 0. The highest BCUT2D eigenvalue weighted by atomic mass is 16.1. The lowest BCUT2D eigenvalue weighted by molar-refractivity contribution is -0.117. The molecule has 0 unspecified atom stereocenters. The van der Waals surface area contributed by atoms with Crippen molar-refractivity contribution in [2.75, 3.05) is 6.54 Å². The zero-order valence-electron chi connectivity index (χ0n) is 7.02. The number of nitrogens with one attached hydrogen (secondary N) is 1. The molecule has 1 fully saturated rings. The van der Waals surface area contributed by atoms with E-state index < -0.39 is 0 Å². The second-order valence-electron chi connectivity index (χ2n) is 3.31. The number of rotatable bonds is 4. The molecule has 0 aromatic carbocycles. The highest BCUT2D eigenvalue weighted by Crippen LogP contribution is 2.34. The van der Waals surface area contributed by atoms with Crippen LogP contribution in [0, 0.1) is 0 Å². The fourth-order valence-electron chi connectivity index (χ4n) is 1.53. The predicted octanol–water partition coefficient (Wildman–Crippen LogP) is 0.394. The van der Waals surface area contributed by atoms with Gasteiger partial charge in [-0.1, -0.05) is 6.92 Å². The first-order chi connectivity index (χ1) is 5.18. The van der Waals surface area contributed by atoms with Crippen LogP contribution in [0.15, 0.2) is 0 Å². The van der Waals surface area contributed by atoms with Gasteiger partial charge in [-0.3, -0.25) is 4.79 Å². The zero-order valence-corrected chi connectivity index (χ0v) is 7.02. The summed E-state index contributed by atoms with van der Waals surface area (Å²) in [6.45, 7) is 2.47. The Hall–Kier alpha value is -0.570. The van der Waals surface area contributed by atoms with Gasteiger partial charge in [0.15, 0.2) is 0 Å². The molecule has 1 amide bonds. The van der Waals surface area contributed by atoms with E-state index in [4.69, 9.17) is 5.73 Å². The van der Waals surface area contributed by atoms with Crippen LogP contribution in [0.5, 0.6) is 0 Å². The molecule has 64 valence electrons. The summed E-state index contributed by atoms with van der Waals surface area (Å²) in [5, 5.41) is 3.21. The van der Waals surface area contributed by atoms with Gasteiger partial charge >= 0.3 is 0 Å². The fraction of sp³-hybridized carbons (Fsp3) is 0.875. The van der Waals surface area contributed by atoms with Gasteiger partial charge in [-0.2, -0.15) is 0 Å². The summed E-state index contributed by atoms with van der Waals surface area (Å²) in [5.41, 5.74) is 5.28. The Balaban J connectivity index is 2.27. The lowest BCUT2D eigenvalue weighted by Crippen LogP contribution is -2.52. The van der Waals surface area contributed by atoms with Crippen LogP contribution in [0.25, 0.3) is 0 Å². The van der Waals surface area contributed by atoms with Crippen molar-refractivity contribution in [1.82, 2.24) is 5.32 Å². The number of carbonyl (C=O) groups excluding carboxylic acids is 1. The molecule has 0 aromatic heterocycles. The first-order valence-corrected chi connectivity index (χ1v) is 4.22. The van der Waals surface area contributed by atoms with Crippen LogP contribution in [-0.4, -0.2) is 18.0 Å². The number of nitrogens with two attached hydrogens (primary N) is 1. The van der Waals surface area contributed by atoms with Gasteiger partial charge < -0.3 is 11.1 Å². The second-order valence-corrected chi connectivity index (χ2v) is 3.31. The summed E-state index contributed by atoms with van der Waals surface area (Å²) in [4.78, 5) is 10.5. The van der Waals surface area contributed by atoms with E-state index in [1.165, 1.54) is 19.3 Å². The average Bonchev–Trinajstić information content (AvgIpc) is 1.86. The van der Waals surface area contributed by atoms with Gasteiger partial charge in [-0.15, -0.1) is 0 Å². The topological polar surface area (TPSA) is 55.1 Å². The van der Waals surface area contributed by atoms with Gasteiger partial charge in [0.05, 0.1) is 6.54 Å². The monoisotopic (exact) mass is 156 g/mol. The molecule has 3 N–H and O–H groups in total.